The second kappa shape index (κ2) is 22.0. The van der Waals surface area contributed by atoms with Crippen LogP contribution in [0.25, 0.3) is 176 Å². The monoisotopic (exact) mass is 1370 g/mol. The summed E-state index contributed by atoms with van der Waals surface area (Å²) in [6.07, 6.45) is 5.43. The normalized spacial score (nSPS) is 16.4. The Morgan fingerprint density at radius 2 is 0.642 bits per heavy atom. The third kappa shape index (κ3) is 8.91. The third-order valence-corrected chi connectivity index (χ3v) is 25.4. The van der Waals surface area contributed by atoms with Crippen LogP contribution in [0, 0.1) is 0 Å². The van der Waals surface area contributed by atoms with Gasteiger partial charge in [-0.15, -0.1) is 0 Å². The molecule has 106 heavy (non-hydrogen) atoms. The number of fused-ring (bicyclic) bond motifs is 20. The molecule has 6 nitrogen and oxygen atoms in total. The van der Waals surface area contributed by atoms with Crippen molar-refractivity contribution in [2.75, 3.05) is 0 Å². The summed E-state index contributed by atoms with van der Waals surface area (Å²) in [6.45, 7) is 17.1. The minimum atomic E-state index is -0.131. The zero-order valence-electron chi connectivity index (χ0n) is 60.8. The highest BCUT2D eigenvalue weighted by atomic mass is 16.3. The average Bonchev–Trinajstić information content (AvgIpc) is 1.37. The molecule has 0 saturated heterocycles. The Balaban J connectivity index is 0.633. The van der Waals surface area contributed by atoms with Gasteiger partial charge in [-0.3, -0.25) is 0 Å². The first-order valence-corrected chi connectivity index (χ1v) is 37.9. The molecule has 510 valence electrons. The molecule has 6 heterocycles. The lowest BCUT2D eigenvalue weighted by molar-refractivity contribution is 0.310. The van der Waals surface area contributed by atoms with Crippen molar-refractivity contribution in [3.63, 3.8) is 0 Å². The van der Waals surface area contributed by atoms with Crippen LogP contribution in [-0.2, 0) is 28.1 Å². The Morgan fingerprint density at radius 1 is 0.255 bits per heavy atom. The average molecular weight is 1370 g/mol. The number of nitrogens with zero attached hydrogens (tertiary/aromatic N) is 4. The van der Waals surface area contributed by atoms with E-state index in [0.29, 0.717) is 0 Å². The molecule has 14 aromatic carbocycles. The highest BCUT2D eigenvalue weighted by Gasteiger charge is 2.41. The summed E-state index contributed by atoms with van der Waals surface area (Å²) in [6, 6.07) is 107. The molecule has 0 N–H and O–H groups in total. The maximum Gasteiger partial charge on any atom is 0.137 e. The van der Waals surface area contributed by atoms with Crippen LogP contribution in [0.3, 0.4) is 0 Å². The molecule has 0 fully saturated rings. The Bertz CT molecular complexity index is 7190. The van der Waals surface area contributed by atoms with Crippen molar-refractivity contribution in [3.8, 4) is 45.0 Å². The molecular formula is C100H78N4O2. The Labute approximate surface area is 614 Å². The Hall–Kier alpha value is -12.1. The van der Waals surface area contributed by atoms with Gasteiger partial charge in [0.2, 0.25) is 0 Å². The molecule has 0 bridgehead atoms. The predicted molar refractivity (Wildman–Crippen MR) is 444 cm³/mol. The quantitative estimate of drug-likeness (QED) is 0.152. The van der Waals surface area contributed by atoms with Crippen molar-refractivity contribution in [3.05, 3.63) is 313 Å². The van der Waals surface area contributed by atoms with E-state index in [2.05, 4.69) is 346 Å². The molecule has 20 aromatic rings. The number of para-hydroxylation sites is 5. The standard InChI is InChI=1S/C100H78N4O2/c1-97(2)47-48-98(3,4)81-56-65(37-41-79(81)97)101-83-24-13-8-19-68(83)75-52-61(32-43-86(75)101)63-34-45-88-78(55-63)71-39-31-60(51-91(71)103(88)67-36-40-73-72-22-11-16-28-92(72)106-95(73)58-67)59-100(7)50-49-99(5,6)82-57-66(38-42-80(82)100)102-84-25-14-9-20-69(84)76-53-62(33-44-87(76)102)64-35-46-89-77(54-64)70-21-10-15-26-85(70)104(89)90-27-18-30-94-96(90)74-23-12-17-29-93(74)105-94/h8-46,51-58H,47-50,59H2,1-7H3. The fraction of sp³-hybridized carbons (Fsp3) is 0.160. The molecule has 6 heteroatoms. The first kappa shape index (κ1) is 61.4. The summed E-state index contributed by atoms with van der Waals surface area (Å²) in [4.78, 5) is 0. The van der Waals surface area contributed by atoms with Crippen LogP contribution >= 0.6 is 0 Å². The predicted octanol–water partition coefficient (Wildman–Crippen LogP) is 27.1. The van der Waals surface area contributed by atoms with Crippen LogP contribution in [-0.4, -0.2) is 18.3 Å². The van der Waals surface area contributed by atoms with Crippen molar-refractivity contribution in [1.82, 2.24) is 18.3 Å². The number of hydrogen-bond donors (Lipinski definition) is 0. The van der Waals surface area contributed by atoms with E-state index in [1.54, 1.807) is 0 Å². The van der Waals surface area contributed by atoms with Gasteiger partial charge in [0.15, 0.2) is 0 Å². The largest absolute Gasteiger partial charge is 0.456 e. The first-order chi connectivity index (χ1) is 51.6. The van der Waals surface area contributed by atoms with Gasteiger partial charge < -0.3 is 27.1 Å². The van der Waals surface area contributed by atoms with E-state index in [-0.39, 0.29) is 21.7 Å². The molecule has 0 spiro atoms. The van der Waals surface area contributed by atoms with Crippen molar-refractivity contribution in [1.29, 1.82) is 0 Å². The molecule has 2 aliphatic carbocycles. The highest BCUT2D eigenvalue weighted by Crippen LogP contribution is 2.52. The van der Waals surface area contributed by atoms with Crippen LogP contribution in [0.2, 0.25) is 0 Å². The lowest BCUT2D eigenvalue weighted by Crippen LogP contribution is -2.37. The van der Waals surface area contributed by atoms with E-state index < -0.39 is 0 Å². The lowest BCUT2D eigenvalue weighted by atomic mass is 9.60. The van der Waals surface area contributed by atoms with Gasteiger partial charge in [-0.25, -0.2) is 0 Å². The van der Waals surface area contributed by atoms with E-state index in [0.717, 1.165) is 74.5 Å². The smallest absolute Gasteiger partial charge is 0.137 e. The maximum atomic E-state index is 6.64. The number of hydrogen-bond acceptors (Lipinski definition) is 2. The van der Waals surface area contributed by atoms with Gasteiger partial charge in [0, 0.05) is 82.4 Å². The lowest BCUT2D eigenvalue weighted by Gasteiger charge is -2.44. The molecule has 2 aliphatic rings. The topological polar surface area (TPSA) is 46.0 Å². The third-order valence-electron chi connectivity index (χ3n) is 25.4. The molecule has 6 aromatic heterocycles. The minimum Gasteiger partial charge on any atom is -0.456 e. The van der Waals surface area contributed by atoms with Crippen molar-refractivity contribution in [2.24, 2.45) is 0 Å². The maximum absolute atomic E-state index is 6.64. The second-order valence-electron chi connectivity index (χ2n) is 33.0. The SMILES string of the molecule is CC1(C)CCC(C)(C)c2cc(-n3c4ccccc4c4cc(-c5ccc6c(c5)c5ccc(CC7(C)CCC(C)(C)c8cc(-n9c%10ccccc%10c%10cc(-c%11ccc%12c(c%11)c%11ccccc%11n%12-c%11cccc%12oc%13ccccc%13c%11%12)ccc%109)ccc87)cc5n6-c5ccc6c(c5)oc5ccccc56)ccc43)ccc21. The van der Waals surface area contributed by atoms with Gasteiger partial charge in [-0.1, -0.05) is 194 Å². The van der Waals surface area contributed by atoms with Crippen molar-refractivity contribution in [2.45, 2.75) is 102 Å². The van der Waals surface area contributed by atoms with Crippen LogP contribution in [0.5, 0.6) is 0 Å². The Kier molecular flexibility index (Phi) is 12.7. The van der Waals surface area contributed by atoms with Gasteiger partial charge in [-0.05, 0) is 237 Å². The van der Waals surface area contributed by atoms with Crippen LogP contribution in [0.15, 0.2) is 294 Å². The zero-order valence-corrected chi connectivity index (χ0v) is 60.8. The highest BCUT2D eigenvalue weighted by molar-refractivity contribution is 6.17. The molecule has 0 amide bonds. The van der Waals surface area contributed by atoms with Crippen molar-refractivity contribution < 1.29 is 8.83 Å². The summed E-state index contributed by atoms with van der Waals surface area (Å²) in [7, 11) is 0. The zero-order chi connectivity index (χ0) is 70.9. The van der Waals surface area contributed by atoms with Gasteiger partial charge in [0.1, 0.15) is 22.3 Å². The summed E-state index contributed by atoms with van der Waals surface area (Å²) >= 11 is 0. The number of aromatic nitrogens is 4. The number of benzene rings is 14. The van der Waals surface area contributed by atoms with Crippen LogP contribution in [0.4, 0.5) is 0 Å². The van der Waals surface area contributed by atoms with E-state index in [1.807, 2.05) is 6.07 Å². The molecule has 1 atom stereocenters. The molecule has 1 unspecified atom stereocenters. The van der Waals surface area contributed by atoms with Gasteiger partial charge in [-0.2, -0.15) is 0 Å². The summed E-state index contributed by atoms with van der Waals surface area (Å²) in [5.74, 6) is 0. The minimum absolute atomic E-state index is 0.0428. The summed E-state index contributed by atoms with van der Waals surface area (Å²) < 4.78 is 23.0. The molecule has 0 radical (unpaired) electrons. The molecule has 0 saturated carbocycles. The van der Waals surface area contributed by atoms with Gasteiger partial charge in [0.05, 0.1) is 55.2 Å². The van der Waals surface area contributed by atoms with E-state index in [1.165, 1.54) is 162 Å². The number of rotatable bonds is 8. The Morgan fingerprint density at radius 3 is 1.22 bits per heavy atom. The second-order valence-corrected chi connectivity index (χ2v) is 33.0. The van der Waals surface area contributed by atoms with E-state index in [4.69, 9.17) is 8.83 Å². The van der Waals surface area contributed by atoms with Crippen molar-refractivity contribution >= 4 is 131 Å². The fourth-order valence-corrected chi connectivity index (χ4v) is 19.7. The van der Waals surface area contributed by atoms with Crippen LogP contribution in [0.1, 0.15) is 102 Å². The van der Waals surface area contributed by atoms with Gasteiger partial charge in [0.25, 0.3) is 0 Å². The first-order valence-electron chi connectivity index (χ1n) is 37.9. The summed E-state index contributed by atoms with van der Waals surface area (Å²) in [5.41, 5.74) is 29.8. The van der Waals surface area contributed by atoms with Crippen LogP contribution < -0.4 is 0 Å². The fourth-order valence-electron chi connectivity index (χ4n) is 19.7. The summed E-state index contributed by atoms with van der Waals surface area (Å²) in [5, 5.41) is 14.4. The van der Waals surface area contributed by atoms with Gasteiger partial charge >= 0.3 is 0 Å². The molecule has 22 rings (SSSR count). The van der Waals surface area contributed by atoms with E-state index in [9.17, 15) is 0 Å². The van der Waals surface area contributed by atoms with E-state index >= 15 is 0 Å². The number of furan rings is 2. The molecule has 0 aliphatic heterocycles. The molecular weight excluding hydrogens is 1290 g/mol.